The Kier molecular flexibility index (Phi) is 0.967. The molecule has 5 aliphatic rings. The lowest BCUT2D eigenvalue weighted by molar-refractivity contribution is -0.0100. The van der Waals surface area contributed by atoms with Crippen molar-refractivity contribution in [1.82, 2.24) is 0 Å². The number of hydrogen-bond acceptors (Lipinski definition) is 4. The van der Waals surface area contributed by atoms with Gasteiger partial charge in [0.15, 0.2) is 0 Å². The minimum absolute atomic E-state index is 0.0259. The summed E-state index contributed by atoms with van der Waals surface area (Å²) in [4.78, 5) is 0. The fourth-order valence-electron chi connectivity index (χ4n) is 6.73. The van der Waals surface area contributed by atoms with Gasteiger partial charge in [0.05, 0.1) is 11.4 Å². The van der Waals surface area contributed by atoms with E-state index in [0.717, 1.165) is 23.3 Å². The lowest BCUT2D eigenvalue weighted by Gasteiger charge is -2.53. The summed E-state index contributed by atoms with van der Waals surface area (Å²) >= 11 is 0. The van der Waals surface area contributed by atoms with E-state index < -0.39 is 0 Å². The average Bonchev–Trinajstić information content (AvgIpc) is 2.81. The highest BCUT2D eigenvalue weighted by molar-refractivity contribution is 6.12. The maximum Gasteiger partial charge on any atom is 0.0679 e. The van der Waals surface area contributed by atoms with E-state index in [1.165, 1.54) is 6.42 Å². The number of fused-ring (bicyclic) bond motifs is 2. The molecule has 4 nitrogen and oxygen atoms in total. The third-order valence-corrected chi connectivity index (χ3v) is 6.70. The maximum atomic E-state index is 9.29. The standard InChI is InChI=1S/C12H14N2O2/c1-12-8-4-2-3-5(6(4)11(12)14-16)10(13-15)9(12)7(3)8/h3-9,15-16H,2H2,1H3/t3-,4+,5-,6+,7+,8+,9-,12+/m0/s1. The predicted octanol–water partition coefficient (Wildman–Crippen LogP) is 1.42. The minimum Gasteiger partial charge on any atom is -0.411 e. The van der Waals surface area contributed by atoms with Gasteiger partial charge in [-0.25, -0.2) is 0 Å². The van der Waals surface area contributed by atoms with Crippen molar-refractivity contribution in [3.05, 3.63) is 0 Å². The van der Waals surface area contributed by atoms with Gasteiger partial charge in [-0.3, -0.25) is 0 Å². The van der Waals surface area contributed by atoms with Crippen molar-refractivity contribution in [2.75, 3.05) is 0 Å². The zero-order valence-corrected chi connectivity index (χ0v) is 9.04. The molecule has 0 heterocycles. The fourth-order valence-corrected chi connectivity index (χ4v) is 6.73. The SMILES string of the molecule is C[C@]12C(=NO)[C@@H]3[C@H]4C[C@H]5[C@@H]3C(=NO)[C@@H]1[C@H]5[C@@H]42. The largest absolute Gasteiger partial charge is 0.411 e. The molecule has 0 unspecified atom stereocenters. The number of rotatable bonds is 0. The summed E-state index contributed by atoms with van der Waals surface area (Å²) in [6.07, 6.45) is 1.27. The van der Waals surface area contributed by atoms with Crippen LogP contribution in [-0.2, 0) is 0 Å². The summed E-state index contributed by atoms with van der Waals surface area (Å²) in [5.74, 6) is 4.07. The van der Waals surface area contributed by atoms with Crippen molar-refractivity contribution in [1.29, 1.82) is 0 Å². The van der Waals surface area contributed by atoms with E-state index in [-0.39, 0.29) is 5.41 Å². The monoisotopic (exact) mass is 218 g/mol. The van der Waals surface area contributed by atoms with Crippen LogP contribution in [0.2, 0.25) is 0 Å². The van der Waals surface area contributed by atoms with Crippen molar-refractivity contribution >= 4 is 11.4 Å². The van der Waals surface area contributed by atoms with Crippen LogP contribution in [0.1, 0.15) is 13.3 Å². The van der Waals surface area contributed by atoms with Gasteiger partial charge in [-0.2, -0.15) is 0 Å². The van der Waals surface area contributed by atoms with Crippen molar-refractivity contribution in [2.24, 2.45) is 57.2 Å². The number of nitrogens with zero attached hydrogens (tertiary/aromatic N) is 2. The van der Waals surface area contributed by atoms with Crippen LogP contribution >= 0.6 is 0 Å². The molecule has 0 saturated heterocycles. The van der Waals surface area contributed by atoms with Gasteiger partial charge in [-0.1, -0.05) is 17.2 Å². The molecular formula is C12H14N2O2. The Hall–Kier alpha value is -1.06. The summed E-state index contributed by atoms with van der Waals surface area (Å²) in [6.45, 7) is 2.22. The Labute approximate surface area is 93.0 Å². The lowest BCUT2D eigenvalue weighted by atomic mass is 9.49. The van der Waals surface area contributed by atoms with Gasteiger partial charge < -0.3 is 10.4 Å². The van der Waals surface area contributed by atoms with E-state index in [1.54, 1.807) is 0 Å². The van der Waals surface area contributed by atoms with E-state index in [9.17, 15) is 10.4 Å². The summed E-state index contributed by atoms with van der Waals surface area (Å²) in [7, 11) is 0. The maximum absolute atomic E-state index is 9.29. The molecular weight excluding hydrogens is 204 g/mol. The second-order valence-corrected chi connectivity index (χ2v) is 6.49. The molecule has 0 aromatic heterocycles. The zero-order chi connectivity index (χ0) is 10.8. The molecule has 0 aromatic rings. The van der Waals surface area contributed by atoms with Crippen LogP contribution in [0.25, 0.3) is 0 Å². The summed E-state index contributed by atoms with van der Waals surface area (Å²) < 4.78 is 0. The molecule has 0 radical (unpaired) electrons. The van der Waals surface area contributed by atoms with Gasteiger partial charge in [0.2, 0.25) is 0 Å². The Morgan fingerprint density at radius 2 is 2.00 bits per heavy atom. The lowest BCUT2D eigenvalue weighted by Crippen LogP contribution is -2.57. The van der Waals surface area contributed by atoms with Gasteiger partial charge in [0.1, 0.15) is 0 Å². The Morgan fingerprint density at radius 1 is 1.19 bits per heavy atom. The molecule has 84 valence electrons. The fraction of sp³-hybridized carbons (Fsp3) is 0.833. The molecule has 8 atom stereocenters. The summed E-state index contributed by atoms with van der Waals surface area (Å²) in [5.41, 5.74) is 2.09. The minimum atomic E-state index is 0.0259. The highest BCUT2D eigenvalue weighted by Crippen LogP contribution is 2.85. The zero-order valence-electron chi connectivity index (χ0n) is 9.04. The van der Waals surface area contributed by atoms with Crippen molar-refractivity contribution in [2.45, 2.75) is 13.3 Å². The normalized spacial score (nSPS) is 72.2. The second kappa shape index (κ2) is 1.91. The van der Waals surface area contributed by atoms with Gasteiger partial charge in [-0.15, -0.1) is 0 Å². The van der Waals surface area contributed by atoms with Crippen LogP contribution in [0.3, 0.4) is 0 Å². The molecule has 0 aliphatic heterocycles. The molecule has 0 spiro atoms. The Balaban J connectivity index is 1.86. The average molecular weight is 218 g/mol. The van der Waals surface area contributed by atoms with E-state index in [2.05, 4.69) is 17.2 Å². The van der Waals surface area contributed by atoms with E-state index in [4.69, 9.17) is 0 Å². The van der Waals surface area contributed by atoms with Crippen LogP contribution in [0, 0.1) is 46.8 Å². The molecule has 4 heteroatoms. The van der Waals surface area contributed by atoms with Crippen LogP contribution in [0.5, 0.6) is 0 Å². The van der Waals surface area contributed by atoms with Crippen molar-refractivity contribution < 1.29 is 10.4 Å². The first-order valence-electron chi connectivity index (χ1n) is 6.19. The van der Waals surface area contributed by atoms with E-state index >= 15 is 0 Å². The first kappa shape index (κ1) is 8.09. The van der Waals surface area contributed by atoms with E-state index in [1.807, 2.05) is 0 Å². The quantitative estimate of drug-likeness (QED) is 0.477. The van der Waals surface area contributed by atoms with Gasteiger partial charge in [-0.05, 0) is 30.1 Å². The van der Waals surface area contributed by atoms with Crippen LogP contribution in [0.15, 0.2) is 10.3 Å². The highest BCUT2D eigenvalue weighted by Gasteiger charge is 2.87. The summed E-state index contributed by atoms with van der Waals surface area (Å²) in [6, 6.07) is 0. The predicted molar refractivity (Wildman–Crippen MR) is 55.6 cm³/mol. The molecule has 5 saturated carbocycles. The van der Waals surface area contributed by atoms with Crippen molar-refractivity contribution in [3.8, 4) is 0 Å². The number of oxime groups is 2. The highest BCUT2D eigenvalue weighted by atomic mass is 16.4. The first-order valence-corrected chi connectivity index (χ1v) is 6.19. The third kappa shape index (κ3) is 0.437. The topological polar surface area (TPSA) is 65.2 Å². The smallest absolute Gasteiger partial charge is 0.0679 e. The summed E-state index contributed by atoms with van der Waals surface area (Å²) in [5, 5.41) is 25.8. The molecule has 5 aliphatic carbocycles. The molecule has 2 N–H and O–H groups in total. The van der Waals surface area contributed by atoms with Gasteiger partial charge in [0, 0.05) is 23.2 Å². The molecule has 16 heavy (non-hydrogen) atoms. The van der Waals surface area contributed by atoms with Crippen LogP contribution < -0.4 is 0 Å². The third-order valence-electron chi connectivity index (χ3n) is 6.70. The second-order valence-electron chi connectivity index (χ2n) is 6.49. The van der Waals surface area contributed by atoms with Crippen molar-refractivity contribution in [3.63, 3.8) is 0 Å². The Morgan fingerprint density at radius 3 is 2.69 bits per heavy atom. The molecule has 0 amide bonds. The molecule has 5 fully saturated rings. The number of hydrogen-bond donors (Lipinski definition) is 2. The van der Waals surface area contributed by atoms with Gasteiger partial charge in [0.25, 0.3) is 0 Å². The van der Waals surface area contributed by atoms with Crippen LogP contribution in [0.4, 0.5) is 0 Å². The molecule has 5 rings (SSSR count). The van der Waals surface area contributed by atoms with E-state index in [0.29, 0.717) is 29.6 Å². The molecule has 0 aromatic carbocycles. The van der Waals surface area contributed by atoms with Crippen LogP contribution in [-0.4, -0.2) is 21.8 Å². The molecule has 2 bridgehead atoms. The first-order chi connectivity index (χ1) is 7.75. The van der Waals surface area contributed by atoms with Gasteiger partial charge >= 0.3 is 0 Å². The Bertz CT molecular complexity index is 481.